The Labute approximate surface area is 118 Å². The Balaban J connectivity index is 0. The van der Waals surface area contributed by atoms with Crippen LogP contribution in [0.2, 0.25) is 0 Å². The molecule has 0 aromatic rings. The summed E-state index contributed by atoms with van der Waals surface area (Å²) in [4.78, 5) is 23.4. The largest absolute Gasteiger partial charge is 1.00 e. The molecule has 1 unspecified atom stereocenters. The molecule has 8 heteroatoms. The fourth-order valence-electron chi connectivity index (χ4n) is 0.701. The molecule has 0 aromatic heterocycles. The monoisotopic (exact) mass is 202 g/mol. The molecule has 1 N–H and O–H groups in total. The summed E-state index contributed by atoms with van der Waals surface area (Å²) in [5.41, 5.74) is 0. The molecular formula is C5H4N2Na2O4. The predicted molar refractivity (Wildman–Crippen MR) is 29.2 cm³/mol. The van der Waals surface area contributed by atoms with Crippen LogP contribution >= 0.6 is 0 Å². The van der Waals surface area contributed by atoms with E-state index >= 15 is 0 Å². The minimum atomic E-state index is -1.51. The van der Waals surface area contributed by atoms with E-state index in [-0.39, 0.29) is 65.7 Å². The third kappa shape index (κ3) is 4.44. The number of aliphatic carboxylic acids is 2. The van der Waals surface area contributed by atoms with Crippen molar-refractivity contribution in [1.29, 1.82) is 0 Å². The summed E-state index contributed by atoms with van der Waals surface area (Å²) >= 11 is 0. The number of rotatable bonds is 2. The van der Waals surface area contributed by atoms with Crippen molar-refractivity contribution in [1.82, 2.24) is 5.32 Å². The number of carbonyl (C=O) groups is 2. The van der Waals surface area contributed by atoms with E-state index in [1.54, 1.807) is 0 Å². The predicted octanol–water partition coefficient (Wildman–Crippen LogP) is -10.1. The fourth-order valence-corrected chi connectivity index (χ4v) is 0.701. The Hall–Kier alpha value is 0.410. The van der Waals surface area contributed by atoms with Gasteiger partial charge in [0.25, 0.3) is 0 Å². The van der Waals surface area contributed by atoms with Gasteiger partial charge in [0.05, 0.1) is 5.97 Å². The molecule has 1 aliphatic heterocycles. The number of nitrogens with one attached hydrogen (secondary N) is 1. The van der Waals surface area contributed by atoms with Gasteiger partial charge in [0.15, 0.2) is 0 Å². The van der Waals surface area contributed by atoms with Crippen LogP contribution in [0.5, 0.6) is 0 Å². The standard InChI is InChI=1S/C5H6N2O4.2Na/c8-4(9)2-1-6-3(7-2)5(10)11;;/h2H,1H2,(H,6,7)(H,8,9)(H,10,11);;/q;2*+1/p-2. The average molecular weight is 202 g/mol. The van der Waals surface area contributed by atoms with Crippen LogP contribution in [0.1, 0.15) is 0 Å². The zero-order valence-corrected chi connectivity index (χ0v) is 11.4. The van der Waals surface area contributed by atoms with Crippen molar-refractivity contribution in [2.24, 2.45) is 4.99 Å². The van der Waals surface area contributed by atoms with Crippen LogP contribution in [-0.2, 0) is 9.59 Å². The summed E-state index contributed by atoms with van der Waals surface area (Å²) in [5.74, 6) is -3.33. The molecule has 0 radical (unpaired) electrons. The van der Waals surface area contributed by atoms with Gasteiger partial charge in [-0.05, 0) is 0 Å². The second-order valence-corrected chi connectivity index (χ2v) is 1.98. The first kappa shape index (κ1) is 15.9. The number of hydrogen-bond donors (Lipinski definition) is 1. The molecule has 1 rings (SSSR count). The first-order chi connectivity index (χ1) is 5.11. The van der Waals surface area contributed by atoms with Gasteiger partial charge in [0.2, 0.25) is 0 Å². The molecular weight excluding hydrogens is 198 g/mol. The van der Waals surface area contributed by atoms with Crippen molar-refractivity contribution in [2.45, 2.75) is 6.04 Å². The zero-order valence-electron chi connectivity index (χ0n) is 7.36. The number of amidine groups is 1. The average Bonchev–Trinajstić information content (AvgIpc) is 2.33. The zero-order chi connectivity index (χ0) is 8.43. The van der Waals surface area contributed by atoms with E-state index in [4.69, 9.17) is 0 Å². The first-order valence-corrected chi connectivity index (χ1v) is 2.85. The van der Waals surface area contributed by atoms with Crippen LogP contribution in [0.15, 0.2) is 4.99 Å². The maximum Gasteiger partial charge on any atom is 1.00 e. The van der Waals surface area contributed by atoms with Gasteiger partial charge in [-0.3, -0.25) is 4.99 Å². The van der Waals surface area contributed by atoms with Crippen LogP contribution in [0, 0.1) is 0 Å². The van der Waals surface area contributed by atoms with E-state index in [2.05, 4.69) is 10.3 Å². The molecule has 0 saturated heterocycles. The molecule has 13 heavy (non-hydrogen) atoms. The van der Waals surface area contributed by atoms with E-state index in [0.717, 1.165) is 0 Å². The summed E-state index contributed by atoms with van der Waals surface area (Å²) in [5, 5.41) is 22.4. The van der Waals surface area contributed by atoms with Gasteiger partial charge in [-0.25, -0.2) is 0 Å². The fraction of sp³-hybridized carbons (Fsp3) is 0.400. The Morgan fingerprint density at radius 1 is 1.38 bits per heavy atom. The second-order valence-electron chi connectivity index (χ2n) is 1.98. The molecule has 1 aliphatic rings. The molecule has 0 spiro atoms. The number of aliphatic imine (C=N–C) groups is 1. The minimum Gasteiger partial charge on any atom is -0.548 e. The smallest absolute Gasteiger partial charge is 0.548 e. The summed E-state index contributed by atoms with van der Waals surface area (Å²) in [7, 11) is 0. The van der Waals surface area contributed by atoms with Gasteiger partial charge >= 0.3 is 59.1 Å². The molecule has 1 heterocycles. The number of carboxylic acids is 2. The quantitative estimate of drug-likeness (QED) is 0.447. The number of carboxylic acid groups (broad SMARTS) is 2. The SMILES string of the molecule is O=C([O-])C1=NC(C(=O)[O-])CN1.[Na+].[Na+]. The van der Waals surface area contributed by atoms with Gasteiger partial charge in [0.1, 0.15) is 17.8 Å². The van der Waals surface area contributed by atoms with Crippen molar-refractivity contribution < 1.29 is 78.9 Å². The van der Waals surface area contributed by atoms with Crippen LogP contribution in [0.4, 0.5) is 0 Å². The Morgan fingerprint density at radius 3 is 2.15 bits per heavy atom. The van der Waals surface area contributed by atoms with Crippen molar-refractivity contribution in [3.8, 4) is 0 Å². The number of hydrogen-bond acceptors (Lipinski definition) is 6. The van der Waals surface area contributed by atoms with Crippen LogP contribution in [0.25, 0.3) is 0 Å². The molecule has 1 atom stereocenters. The van der Waals surface area contributed by atoms with Crippen molar-refractivity contribution >= 4 is 17.8 Å². The van der Waals surface area contributed by atoms with Crippen molar-refractivity contribution in [3.63, 3.8) is 0 Å². The second kappa shape index (κ2) is 6.80. The Bertz CT molecular complexity index is 243. The minimum absolute atomic E-state index is 0. The third-order valence-corrected chi connectivity index (χ3v) is 1.21. The van der Waals surface area contributed by atoms with Crippen LogP contribution in [-0.4, -0.2) is 30.4 Å². The maximum atomic E-state index is 10.1. The Kier molecular flexibility index (Phi) is 8.30. The number of carbonyl (C=O) groups excluding carboxylic acids is 2. The van der Waals surface area contributed by atoms with Gasteiger partial charge in [-0.2, -0.15) is 0 Å². The van der Waals surface area contributed by atoms with Crippen LogP contribution in [0.3, 0.4) is 0 Å². The maximum absolute atomic E-state index is 10.1. The van der Waals surface area contributed by atoms with Gasteiger partial charge in [0, 0.05) is 6.54 Å². The summed E-state index contributed by atoms with van der Waals surface area (Å²) in [6, 6.07) is -1.11. The van der Waals surface area contributed by atoms with Crippen LogP contribution < -0.4 is 74.6 Å². The van der Waals surface area contributed by atoms with Gasteiger partial charge in [-0.15, -0.1) is 0 Å². The van der Waals surface area contributed by atoms with Crippen molar-refractivity contribution in [2.75, 3.05) is 6.54 Å². The molecule has 0 aromatic carbocycles. The molecule has 0 aliphatic carbocycles. The van der Waals surface area contributed by atoms with E-state index in [9.17, 15) is 19.8 Å². The van der Waals surface area contributed by atoms with E-state index in [1.165, 1.54) is 0 Å². The molecule has 0 amide bonds. The molecule has 6 nitrogen and oxygen atoms in total. The normalized spacial score (nSPS) is 18.8. The first-order valence-electron chi connectivity index (χ1n) is 2.85. The molecule has 0 saturated carbocycles. The summed E-state index contributed by atoms with van der Waals surface area (Å²) in [6.07, 6.45) is 0. The summed E-state index contributed by atoms with van der Waals surface area (Å²) in [6.45, 7) is -0.0500. The van der Waals surface area contributed by atoms with Gasteiger partial charge < -0.3 is 25.1 Å². The van der Waals surface area contributed by atoms with Crippen molar-refractivity contribution in [3.05, 3.63) is 0 Å². The summed E-state index contributed by atoms with van der Waals surface area (Å²) < 4.78 is 0. The van der Waals surface area contributed by atoms with E-state index < -0.39 is 23.8 Å². The molecule has 0 fully saturated rings. The molecule has 0 bridgehead atoms. The van der Waals surface area contributed by atoms with Gasteiger partial charge in [-0.1, -0.05) is 0 Å². The molecule has 60 valence electrons. The number of nitrogens with zero attached hydrogens (tertiary/aromatic N) is 1. The van der Waals surface area contributed by atoms with E-state index in [1.807, 2.05) is 0 Å². The van der Waals surface area contributed by atoms with E-state index in [0.29, 0.717) is 0 Å². The topological polar surface area (TPSA) is 105 Å². The Morgan fingerprint density at radius 2 is 1.92 bits per heavy atom. The third-order valence-electron chi connectivity index (χ3n) is 1.21.